The molecule has 160 valence electrons. The van der Waals surface area contributed by atoms with Gasteiger partial charge in [0.25, 0.3) is 5.91 Å². The van der Waals surface area contributed by atoms with Gasteiger partial charge in [0, 0.05) is 24.6 Å². The summed E-state index contributed by atoms with van der Waals surface area (Å²) >= 11 is 0. The third-order valence-electron chi connectivity index (χ3n) is 5.11. The van der Waals surface area contributed by atoms with Crippen LogP contribution in [0.4, 0.5) is 0 Å². The van der Waals surface area contributed by atoms with Crippen LogP contribution in [-0.4, -0.2) is 37.5 Å². The number of nitrogens with zero attached hydrogens (tertiary/aromatic N) is 2. The van der Waals surface area contributed by atoms with Gasteiger partial charge in [-0.1, -0.05) is 29.8 Å². The maximum absolute atomic E-state index is 13.1. The lowest BCUT2D eigenvalue weighted by Gasteiger charge is -2.20. The van der Waals surface area contributed by atoms with Crippen molar-refractivity contribution in [1.82, 2.24) is 5.01 Å². The van der Waals surface area contributed by atoms with Crippen LogP contribution in [-0.2, 0) is 4.79 Å². The Hall–Kier alpha value is -3.74. The molecule has 0 bridgehead atoms. The molecule has 7 nitrogen and oxygen atoms in total. The highest BCUT2D eigenvalue weighted by Gasteiger charge is 2.35. The number of aryl methyl sites for hydroxylation is 1. The summed E-state index contributed by atoms with van der Waals surface area (Å²) in [6.07, 6.45) is 2.16. The third kappa shape index (κ3) is 4.55. The molecule has 0 radical (unpaired) electrons. The zero-order valence-corrected chi connectivity index (χ0v) is 17.7. The van der Waals surface area contributed by atoms with Gasteiger partial charge in [0.2, 0.25) is 0 Å². The van der Waals surface area contributed by atoms with Crippen molar-refractivity contribution in [1.29, 1.82) is 0 Å². The first-order chi connectivity index (χ1) is 15.1. The number of hydrogen-bond acceptors (Lipinski definition) is 6. The van der Waals surface area contributed by atoms with E-state index in [1.807, 2.05) is 37.3 Å². The second kappa shape index (κ2) is 8.95. The normalized spacial score (nSPS) is 15.5. The van der Waals surface area contributed by atoms with Gasteiger partial charge in [-0.3, -0.25) is 4.79 Å². The number of rotatable bonds is 7. The molecular formula is C24H24N2O5. The Labute approximate surface area is 180 Å². The van der Waals surface area contributed by atoms with Crippen LogP contribution in [0.3, 0.4) is 0 Å². The highest BCUT2D eigenvalue weighted by Crippen LogP contribution is 2.33. The Bertz CT molecular complexity index is 1050. The molecule has 7 heteroatoms. The van der Waals surface area contributed by atoms with E-state index in [1.54, 1.807) is 44.7 Å². The number of carbonyl (C=O) groups is 1. The van der Waals surface area contributed by atoms with Crippen LogP contribution in [0.1, 0.15) is 29.3 Å². The van der Waals surface area contributed by atoms with E-state index in [-0.39, 0.29) is 18.6 Å². The second-order valence-electron chi connectivity index (χ2n) is 7.22. The van der Waals surface area contributed by atoms with Crippen molar-refractivity contribution in [2.45, 2.75) is 19.4 Å². The Kier molecular flexibility index (Phi) is 5.93. The van der Waals surface area contributed by atoms with Crippen molar-refractivity contribution in [2.24, 2.45) is 5.10 Å². The quantitative estimate of drug-likeness (QED) is 0.568. The van der Waals surface area contributed by atoms with E-state index in [2.05, 4.69) is 5.10 Å². The van der Waals surface area contributed by atoms with E-state index in [0.717, 1.165) is 11.3 Å². The number of furan rings is 1. The van der Waals surface area contributed by atoms with E-state index < -0.39 is 0 Å². The van der Waals surface area contributed by atoms with Gasteiger partial charge in [-0.15, -0.1) is 0 Å². The lowest BCUT2D eigenvalue weighted by molar-refractivity contribution is -0.135. The minimum absolute atomic E-state index is 0.182. The SMILES string of the molecule is COc1cc(OC)cc(OCC(=O)N2N=C(c3ccc(C)cc3)C[C@@H]2c2ccco2)c1. The average Bonchev–Trinajstić information content (AvgIpc) is 3.47. The second-order valence-corrected chi connectivity index (χ2v) is 7.22. The minimum Gasteiger partial charge on any atom is -0.496 e. The molecule has 0 fully saturated rings. The van der Waals surface area contributed by atoms with Gasteiger partial charge in [-0.25, -0.2) is 5.01 Å². The molecule has 0 unspecified atom stereocenters. The molecule has 0 saturated carbocycles. The van der Waals surface area contributed by atoms with Crippen LogP contribution < -0.4 is 14.2 Å². The van der Waals surface area contributed by atoms with Crippen LogP contribution in [0.2, 0.25) is 0 Å². The van der Waals surface area contributed by atoms with E-state index >= 15 is 0 Å². The molecule has 1 aliphatic heterocycles. The highest BCUT2D eigenvalue weighted by atomic mass is 16.5. The fraction of sp³-hybridized carbons (Fsp3) is 0.250. The van der Waals surface area contributed by atoms with Crippen LogP contribution in [0.25, 0.3) is 0 Å². The number of carbonyl (C=O) groups excluding carboxylic acids is 1. The Morgan fingerprint density at radius 3 is 2.35 bits per heavy atom. The van der Waals surface area contributed by atoms with Crippen molar-refractivity contribution in [2.75, 3.05) is 20.8 Å². The van der Waals surface area contributed by atoms with E-state index in [4.69, 9.17) is 18.6 Å². The van der Waals surface area contributed by atoms with Crippen LogP contribution in [0, 0.1) is 6.92 Å². The largest absolute Gasteiger partial charge is 0.496 e. The molecule has 2 heterocycles. The molecule has 0 N–H and O–H groups in total. The van der Waals surface area contributed by atoms with Crippen molar-refractivity contribution in [3.63, 3.8) is 0 Å². The van der Waals surface area contributed by atoms with Crippen molar-refractivity contribution < 1.29 is 23.4 Å². The number of benzene rings is 2. The first-order valence-electron chi connectivity index (χ1n) is 9.93. The fourth-order valence-electron chi connectivity index (χ4n) is 3.44. The van der Waals surface area contributed by atoms with Crippen LogP contribution in [0.5, 0.6) is 17.2 Å². The maximum Gasteiger partial charge on any atom is 0.281 e. The maximum atomic E-state index is 13.1. The molecule has 3 aromatic rings. The van der Waals surface area contributed by atoms with E-state index in [9.17, 15) is 4.79 Å². The molecule has 1 atom stereocenters. The molecule has 0 aliphatic carbocycles. The summed E-state index contributed by atoms with van der Waals surface area (Å²) in [4.78, 5) is 13.1. The zero-order valence-electron chi connectivity index (χ0n) is 17.7. The van der Waals surface area contributed by atoms with Gasteiger partial charge < -0.3 is 18.6 Å². The van der Waals surface area contributed by atoms with Crippen LogP contribution >= 0.6 is 0 Å². The van der Waals surface area contributed by atoms with Gasteiger partial charge in [-0.05, 0) is 24.6 Å². The summed E-state index contributed by atoms with van der Waals surface area (Å²) < 4.78 is 21.8. The number of ether oxygens (including phenoxy) is 3. The molecule has 0 spiro atoms. The highest BCUT2D eigenvalue weighted by molar-refractivity contribution is 6.03. The summed E-state index contributed by atoms with van der Waals surface area (Å²) in [6, 6.07) is 16.6. The van der Waals surface area contributed by atoms with Gasteiger partial charge in [0.1, 0.15) is 29.1 Å². The Morgan fingerprint density at radius 2 is 1.74 bits per heavy atom. The zero-order chi connectivity index (χ0) is 21.8. The summed E-state index contributed by atoms with van der Waals surface area (Å²) in [5, 5.41) is 6.07. The third-order valence-corrected chi connectivity index (χ3v) is 5.11. The van der Waals surface area contributed by atoms with Gasteiger partial charge in [0.05, 0.1) is 26.2 Å². The molecule has 1 aromatic heterocycles. The van der Waals surface area contributed by atoms with Crippen molar-refractivity contribution in [3.05, 3.63) is 77.7 Å². The monoisotopic (exact) mass is 420 g/mol. The molecular weight excluding hydrogens is 396 g/mol. The van der Waals surface area contributed by atoms with Crippen LogP contribution in [0.15, 0.2) is 70.4 Å². The smallest absolute Gasteiger partial charge is 0.281 e. The fourth-order valence-corrected chi connectivity index (χ4v) is 3.44. The van der Waals surface area contributed by atoms with Crippen molar-refractivity contribution in [3.8, 4) is 17.2 Å². The first-order valence-corrected chi connectivity index (χ1v) is 9.93. The number of amides is 1. The van der Waals surface area contributed by atoms with Gasteiger partial charge in [-0.2, -0.15) is 5.10 Å². The summed E-state index contributed by atoms with van der Waals surface area (Å²) in [6.45, 7) is 1.85. The molecule has 1 amide bonds. The Morgan fingerprint density at radius 1 is 1.06 bits per heavy atom. The van der Waals surface area contributed by atoms with Crippen molar-refractivity contribution >= 4 is 11.6 Å². The lowest BCUT2D eigenvalue weighted by Crippen LogP contribution is -2.31. The summed E-state index contributed by atoms with van der Waals surface area (Å²) in [5.74, 6) is 2.04. The van der Waals surface area contributed by atoms with Gasteiger partial charge >= 0.3 is 0 Å². The topological polar surface area (TPSA) is 73.5 Å². The first kappa shape index (κ1) is 20.5. The molecule has 4 rings (SSSR count). The number of methoxy groups -OCH3 is 2. The molecule has 31 heavy (non-hydrogen) atoms. The average molecular weight is 420 g/mol. The van der Waals surface area contributed by atoms with E-state index in [1.165, 1.54) is 10.6 Å². The van der Waals surface area contributed by atoms with Gasteiger partial charge in [0.15, 0.2) is 6.61 Å². The molecule has 0 saturated heterocycles. The molecule has 2 aromatic carbocycles. The Balaban J connectivity index is 1.54. The number of hydrogen-bond donors (Lipinski definition) is 0. The predicted molar refractivity (Wildman–Crippen MR) is 116 cm³/mol. The minimum atomic E-state index is -0.317. The standard InChI is InChI=1S/C24H24N2O5/c1-16-6-8-17(9-7-16)21-14-22(23-5-4-10-30-23)26(25-21)24(27)15-31-20-12-18(28-2)11-19(13-20)29-3/h4-13,22H,14-15H2,1-3H3/t22-/m1/s1. The van der Waals surface area contributed by atoms with E-state index in [0.29, 0.717) is 29.4 Å². The molecule has 1 aliphatic rings. The summed E-state index contributed by atoms with van der Waals surface area (Å²) in [7, 11) is 3.12. The predicted octanol–water partition coefficient (Wildman–Crippen LogP) is 4.36. The number of hydrazone groups is 1. The summed E-state index contributed by atoms with van der Waals surface area (Å²) in [5.41, 5.74) is 2.98. The lowest BCUT2D eigenvalue weighted by atomic mass is 10.0.